The zero-order chi connectivity index (χ0) is 11.5. The van der Waals surface area contributed by atoms with Gasteiger partial charge in [-0.25, -0.2) is 0 Å². The zero-order valence-electron chi connectivity index (χ0n) is 8.06. The highest BCUT2D eigenvalue weighted by atomic mass is 19.4. The molecule has 0 aliphatic carbocycles. The lowest BCUT2D eigenvalue weighted by Gasteiger charge is -2.09. The first-order valence-electron chi connectivity index (χ1n) is 4.40. The molecular formula is C10H10F3NO. The second kappa shape index (κ2) is 4.33. The van der Waals surface area contributed by atoms with E-state index in [-0.39, 0.29) is 18.0 Å². The second-order valence-corrected chi connectivity index (χ2v) is 2.98. The van der Waals surface area contributed by atoms with Crippen molar-refractivity contribution >= 4 is 11.6 Å². The molecule has 2 nitrogen and oxygen atoms in total. The van der Waals surface area contributed by atoms with E-state index in [4.69, 9.17) is 0 Å². The Morgan fingerprint density at radius 2 is 2.07 bits per heavy atom. The fourth-order valence-corrected chi connectivity index (χ4v) is 1.02. The second-order valence-electron chi connectivity index (χ2n) is 2.98. The smallest absolute Gasteiger partial charge is 0.326 e. The first-order chi connectivity index (χ1) is 6.93. The Morgan fingerprint density at radius 3 is 2.60 bits per heavy atom. The van der Waals surface area contributed by atoms with E-state index in [2.05, 4.69) is 5.32 Å². The van der Waals surface area contributed by atoms with Crippen molar-refractivity contribution in [1.29, 1.82) is 0 Å². The number of carbonyl (C=O) groups is 1. The van der Waals surface area contributed by atoms with Crippen molar-refractivity contribution in [2.45, 2.75) is 19.5 Å². The Balaban J connectivity index is 2.88. The summed E-state index contributed by atoms with van der Waals surface area (Å²) in [5.41, 5.74) is -0.604. The van der Waals surface area contributed by atoms with E-state index in [1.165, 1.54) is 12.1 Å². The van der Waals surface area contributed by atoms with Crippen LogP contribution >= 0.6 is 0 Å². The lowest BCUT2D eigenvalue weighted by Crippen LogP contribution is -2.11. The predicted molar refractivity (Wildman–Crippen MR) is 50.4 cm³/mol. The van der Waals surface area contributed by atoms with Gasteiger partial charge < -0.3 is 5.32 Å². The fraction of sp³-hybridized carbons (Fsp3) is 0.300. The topological polar surface area (TPSA) is 29.1 Å². The molecule has 0 saturated carbocycles. The molecule has 0 radical (unpaired) electrons. The zero-order valence-corrected chi connectivity index (χ0v) is 8.06. The van der Waals surface area contributed by atoms with Crippen molar-refractivity contribution in [3.05, 3.63) is 29.8 Å². The molecular weight excluding hydrogens is 207 g/mol. The van der Waals surface area contributed by atoms with E-state index in [1.807, 2.05) is 0 Å². The van der Waals surface area contributed by atoms with Crippen LogP contribution in [0.25, 0.3) is 0 Å². The lowest BCUT2D eigenvalue weighted by atomic mass is 10.2. The quantitative estimate of drug-likeness (QED) is 0.810. The van der Waals surface area contributed by atoms with Gasteiger partial charge in [0.25, 0.3) is 0 Å². The van der Waals surface area contributed by atoms with Gasteiger partial charge in [0.05, 0.1) is 5.56 Å². The third-order valence-electron chi connectivity index (χ3n) is 1.79. The summed E-state index contributed by atoms with van der Waals surface area (Å²) in [4.78, 5) is 10.9. The average Bonchev–Trinajstić information content (AvgIpc) is 2.17. The van der Waals surface area contributed by atoms with Crippen molar-refractivity contribution in [1.82, 2.24) is 0 Å². The number of benzene rings is 1. The standard InChI is InChI=1S/C10H10F3NO/c1-2-9(15)14-8-5-3-4-7(6-8)10(11,12)13/h3-6H,2H2,1H3,(H,14,15). The molecule has 15 heavy (non-hydrogen) atoms. The van der Waals surface area contributed by atoms with Crippen LogP contribution in [-0.4, -0.2) is 5.91 Å². The summed E-state index contributed by atoms with van der Waals surface area (Å²) in [7, 11) is 0. The van der Waals surface area contributed by atoms with Gasteiger partial charge in [-0.15, -0.1) is 0 Å². The lowest BCUT2D eigenvalue weighted by molar-refractivity contribution is -0.137. The van der Waals surface area contributed by atoms with Gasteiger partial charge in [0.2, 0.25) is 5.91 Å². The minimum absolute atomic E-state index is 0.164. The summed E-state index contributed by atoms with van der Waals surface area (Å²) in [6, 6.07) is 4.55. The molecule has 0 aliphatic rings. The van der Waals surface area contributed by atoms with E-state index in [9.17, 15) is 18.0 Å². The number of hydrogen-bond acceptors (Lipinski definition) is 1. The van der Waals surface area contributed by atoms with Crippen LogP contribution in [0.2, 0.25) is 0 Å². The fourth-order valence-electron chi connectivity index (χ4n) is 1.02. The molecule has 1 aromatic rings. The maximum Gasteiger partial charge on any atom is 0.416 e. The van der Waals surface area contributed by atoms with Gasteiger partial charge in [-0.1, -0.05) is 13.0 Å². The number of carbonyl (C=O) groups excluding carboxylic acids is 1. The highest BCUT2D eigenvalue weighted by molar-refractivity contribution is 5.90. The SMILES string of the molecule is CCC(=O)Nc1cccc(C(F)(F)F)c1. The maximum absolute atomic E-state index is 12.3. The van der Waals surface area contributed by atoms with E-state index >= 15 is 0 Å². The number of nitrogens with one attached hydrogen (secondary N) is 1. The average molecular weight is 217 g/mol. The molecule has 82 valence electrons. The number of halogens is 3. The molecule has 0 heterocycles. The Bertz CT molecular complexity index is 360. The predicted octanol–water partition coefficient (Wildman–Crippen LogP) is 3.05. The highest BCUT2D eigenvalue weighted by Crippen LogP contribution is 2.30. The first kappa shape index (κ1) is 11.6. The van der Waals surface area contributed by atoms with Crippen molar-refractivity contribution in [3.8, 4) is 0 Å². The van der Waals surface area contributed by atoms with Gasteiger partial charge in [0.15, 0.2) is 0 Å². The van der Waals surface area contributed by atoms with Crippen LogP contribution in [0.15, 0.2) is 24.3 Å². The first-order valence-corrected chi connectivity index (χ1v) is 4.40. The summed E-state index contributed by atoms with van der Waals surface area (Å²) in [5, 5.41) is 2.37. The molecule has 0 aromatic heterocycles. The molecule has 0 bridgehead atoms. The van der Waals surface area contributed by atoms with Crippen LogP contribution in [0, 0.1) is 0 Å². The van der Waals surface area contributed by atoms with E-state index in [0.717, 1.165) is 12.1 Å². The molecule has 5 heteroatoms. The summed E-state index contributed by atoms with van der Waals surface area (Å²) in [6.45, 7) is 1.63. The number of anilines is 1. The van der Waals surface area contributed by atoms with Crippen LogP contribution in [0.3, 0.4) is 0 Å². The van der Waals surface area contributed by atoms with Gasteiger partial charge in [-0.2, -0.15) is 13.2 Å². The maximum atomic E-state index is 12.3. The molecule has 0 unspecified atom stereocenters. The normalized spacial score (nSPS) is 11.2. The Kier molecular flexibility index (Phi) is 3.34. The molecule has 1 aromatic carbocycles. The molecule has 1 rings (SSSR count). The Hall–Kier alpha value is -1.52. The van der Waals surface area contributed by atoms with Crippen molar-refractivity contribution in [3.63, 3.8) is 0 Å². The van der Waals surface area contributed by atoms with Gasteiger partial charge >= 0.3 is 6.18 Å². The number of alkyl halides is 3. The van der Waals surface area contributed by atoms with Crippen molar-refractivity contribution in [2.24, 2.45) is 0 Å². The van der Waals surface area contributed by atoms with Crippen molar-refractivity contribution in [2.75, 3.05) is 5.32 Å². The summed E-state index contributed by atoms with van der Waals surface area (Å²) >= 11 is 0. The van der Waals surface area contributed by atoms with Crippen LogP contribution < -0.4 is 5.32 Å². The van der Waals surface area contributed by atoms with Crippen LogP contribution in [-0.2, 0) is 11.0 Å². The highest BCUT2D eigenvalue weighted by Gasteiger charge is 2.30. The molecule has 0 aliphatic heterocycles. The summed E-state index contributed by atoms with van der Waals surface area (Å²) in [6.07, 6.45) is -4.15. The summed E-state index contributed by atoms with van der Waals surface area (Å²) < 4.78 is 36.8. The number of hydrogen-bond donors (Lipinski definition) is 1. The largest absolute Gasteiger partial charge is 0.416 e. The number of amides is 1. The minimum Gasteiger partial charge on any atom is -0.326 e. The molecule has 0 spiro atoms. The van der Waals surface area contributed by atoms with E-state index in [1.54, 1.807) is 6.92 Å². The van der Waals surface area contributed by atoms with Crippen molar-refractivity contribution < 1.29 is 18.0 Å². The molecule has 0 saturated heterocycles. The van der Waals surface area contributed by atoms with Crippen LogP contribution in [0.4, 0.5) is 18.9 Å². The third kappa shape index (κ3) is 3.27. The van der Waals surface area contributed by atoms with E-state index < -0.39 is 11.7 Å². The molecule has 1 N–H and O–H groups in total. The van der Waals surface area contributed by atoms with Gasteiger partial charge in [-0.05, 0) is 18.2 Å². The molecule has 0 atom stereocenters. The van der Waals surface area contributed by atoms with Crippen LogP contribution in [0.5, 0.6) is 0 Å². The summed E-state index contributed by atoms with van der Waals surface area (Å²) in [5.74, 6) is -0.311. The molecule has 1 amide bonds. The number of rotatable bonds is 2. The van der Waals surface area contributed by atoms with Gasteiger partial charge in [0, 0.05) is 12.1 Å². The molecule has 0 fully saturated rings. The van der Waals surface area contributed by atoms with Gasteiger partial charge in [-0.3, -0.25) is 4.79 Å². The monoisotopic (exact) mass is 217 g/mol. The Labute approximate surface area is 85.1 Å². The van der Waals surface area contributed by atoms with E-state index in [0.29, 0.717) is 0 Å². The minimum atomic E-state index is -4.38. The Morgan fingerprint density at radius 1 is 1.40 bits per heavy atom. The van der Waals surface area contributed by atoms with Crippen LogP contribution in [0.1, 0.15) is 18.9 Å². The third-order valence-corrected chi connectivity index (χ3v) is 1.79. The van der Waals surface area contributed by atoms with Gasteiger partial charge in [0.1, 0.15) is 0 Å².